The van der Waals surface area contributed by atoms with Crippen molar-refractivity contribution in [2.45, 2.75) is 32.4 Å². The Hall–Kier alpha value is -1.26. The van der Waals surface area contributed by atoms with E-state index in [9.17, 15) is 10.2 Å². The third kappa shape index (κ3) is 3.91. The number of aromatic hydroxyl groups is 1. The van der Waals surface area contributed by atoms with E-state index in [-0.39, 0.29) is 17.9 Å². The lowest BCUT2D eigenvalue weighted by molar-refractivity contribution is 0.163. The van der Waals surface area contributed by atoms with Gasteiger partial charge in [-0.1, -0.05) is 13.0 Å². The van der Waals surface area contributed by atoms with Crippen LogP contribution in [0.1, 0.15) is 31.9 Å². The number of methoxy groups -OCH3 is 1. The summed E-state index contributed by atoms with van der Waals surface area (Å²) < 4.78 is 5.02. The van der Waals surface area contributed by atoms with E-state index in [4.69, 9.17) is 4.74 Å². The normalized spacial score (nSPS) is 14.4. The van der Waals surface area contributed by atoms with Crippen LogP contribution in [0.3, 0.4) is 0 Å². The largest absolute Gasteiger partial charge is 0.507 e. The van der Waals surface area contributed by atoms with Gasteiger partial charge in [-0.05, 0) is 19.4 Å². The number of aliphatic hydroxyl groups is 1. The Labute approximate surface area is 102 Å². The van der Waals surface area contributed by atoms with Crippen LogP contribution in [0, 0.1) is 0 Å². The molecule has 1 aromatic rings. The molecule has 4 heteroatoms. The maximum absolute atomic E-state index is 9.83. The molecule has 0 saturated heterocycles. The van der Waals surface area contributed by atoms with E-state index in [2.05, 4.69) is 5.32 Å². The van der Waals surface area contributed by atoms with Gasteiger partial charge in [-0.2, -0.15) is 0 Å². The van der Waals surface area contributed by atoms with Crippen molar-refractivity contribution in [1.82, 2.24) is 5.32 Å². The maximum atomic E-state index is 9.83. The molecule has 0 radical (unpaired) electrons. The molecule has 0 spiro atoms. The van der Waals surface area contributed by atoms with Gasteiger partial charge < -0.3 is 20.3 Å². The molecular weight excluding hydrogens is 218 g/mol. The molecule has 0 heterocycles. The number of hydrogen-bond donors (Lipinski definition) is 3. The quantitative estimate of drug-likeness (QED) is 0.708. The van der Waals surface area contributed by atoms with Gasteiger partial charge in [0.2, 0.25) is 0 Å². The van der Waals surface area contributed by atoms with E-state index < -0.39 is 0 Å². The Morgan fingerprint density at radius 1 is 1.41 bits per heavy atom. The van der Waals surface area contributed by atoms with Crippen molar-refractivity contribution in [2.24, 2.45) is 0 Å². The molecule has 0 aliphatic carbocycles. The van der Waals surface area contributed by atoms with Crippen LogP contribution in [0.25, 0.3) is 0 Å². The van der Waals surface area contributed by atoms with E-state index in [0.717, 1.165) is 5.56 Å². The molecule has 0 fully saturated rings. The molecule has 0 amide bonds. The highest BCUT2D eigenvalue weighted by Gasteiger charge is 2.12. The molecule has 0 aliphatic heterocycles. The number of hydrogen-bond acceptors (Lipinski definition) is 4. The first-order valence-corrected chi connectivity index (χ1v) is 5.86. The van der Waals surface area contributed by atoms with E-state index in [1.165, 1.54) is 0 Å². The molecule has 0 saturated carbocycles. The second kappa shape index (κ2) is 6.47. The van der Waals surface area contributed by atoms with Crippen LogP contribution >= 0.6 is 0 Å². The third-order valence-corrected chi connectivity index (χ3v) is 2.84. The van der Waals surface area contributed by atoms with Gasteiger partial charge in [-0.15, -0.1) is 0 Å². The Bertz CT molecular complexity index is 355. The number of rotatable bonds is 6. The lowest BCUT2D eigenvalue weighted by Gasteiger charge is -2.18. The first-order valence-electron chi connectivity index (χ1n) is 5.86. The van der Waals surface area contributed by atoms with Gasteiger partial charge in [-0.3, -0.25) is 0 Å². The first-order chi connectivity index (χ1) is 8.08. The summed E-state index contributed by atoms with van der Waals surface area (Å²) in [6.07, 6.45) is 0.367. The second-order valence-electron chi connectivity index (χ2n) is 4.12. The fourth-order valence-electron chi connectivity index (χ4n) is 1.58. The number of nitrogens with one attached hydrogen (secondary N) is 1. The highest BCUT2D eigenvalue weighted by Crippen LogP contribution is 2.28. The zero-order valence-electron chi connectivity index (χ0n) is 10.6. The number of ether oxygens (including phenoxy) is 1. The zero-order chi connectivity index (χ0) is 12.8. The molecule has 3 N–H and O–H groups in total. The molecular formula is C13H21NO3. The van der Waals surface area contributed by atoms with Crippen LogP contribution in [-0.4, -0.2) is 30.0 Å². The summed E-state index contributed by atoms with van der Waals surface area (Å²) in [4.78, 5) is 0. The van der Waals surface area contributed by atoms with Crippen LogP contribution in [-0.2, 0) is 0 Å². The van der Waals surface area contributed by atoms with Crippen LogP contribution in [0.15, 0.2) is 18.2 Å². The van der Waals surface area contributed by atoms with Crippen molar-refractivity contribution >= 4 is 0 Å². The van der Waals surface area contributed by atoms with Crippen molar-refractivity contribution in [3.05, 3.63) is 23.8 Å². The summed E-state index contributed by atoms with van der Waals surface area (Å²) in [5.74, 6) is 0.836. The minimum Gasteiger partial charge on any atom is -0.507 e. The van der Waals surface area contributed by atoms with Crippen molar-refractivity contribution in [3.63, 3.8) is 0 Å². The molecule has 1 aromatic carbocycles. The lowest BCUT2D eigenvalue weighted by atomic mass is 10.1. The van der Waals surface area contributed by atoms with Gasteiger partial charge in [0, 0.05) is 24.2 Å². The fourth-order valence-corrected chi connectivity index (χ4v) is 1.58. The first kappa shape index (κ1) is 13.8. The second-order valence-corrected chi connectivity index (χ2v) is 4.12. The lowest BCUT2D eigenvalue weighted by Crippen LogP contribution is -2.28. The van der Waals surface area contributed by atoms with Gasteiger partial charge in [0.25, 0.3) is 0 Å². The Balaban J connectivity index is 2.65. The summed E-state index contributed by atoms with van der Waals surface area (Å²) >= 11 is 0. The molecule has 1 rings (SSSR count). The van der Waals surface area contributed by atoms with Crippen LogP contribution in [0.5, 0.6) is 11.5 Å². The smallest absolute Gasteiger partial charge is 0.124 e. The van der Waals surface area contributed by atoms with Gasteiger partial charge >= 0.3 is 0 Å². The van der Waals surface area contributed by atoms with Crippen molar-refractivity contribution in [2.75, 3.05) is 13.7 Å². The topological polar surface area (TPSA) is 61.7 Å². The van der Waals surface area contributed by atoms with Crippen LogP contribution in [0.2, 0.25) is 0 Å². The fraction of sp³-hybridized carbons (Fsp3) is 0.538. The maximum Gasteiger partial charge on any atom is 0.124 e. The highest BCUT2D eigenvalue weighted by molar-refractivity contribution is 5.41. The Morgan fingerprint density at radius 2 is 2.12 bits per heavy atom. The predicted molar refractivity (Wildman–Crippen MR) is 67.4 cm³/mol. The summed E-state index contributed by atoms with van der Waals surface area (Å²) in [5, 5.41) is 22.5. The minimum absolute atomic E-state index is 0.0119. The van der Waals surface area contributed by atoms with Crippen molar-refractivity contribution in [3.8, 4) is 11.5 Å². The van der Waals surface area contributed by atoms with Gasteiger partial charge in [0.1, 0.15) is 11.5 Å². The highest BCUT2D eigenvalue weighted by atomic mass is 16.5. The molecule has 0 aliphatic rings. The van der Waals surface area contributed by atoms with Crippen molar-refractivity contribution < 1.29 is 14.9 Å². The van der Waals surface area contributed by atoms with Gasteiger partial charge in [0.05, 0.1) is 13.2 Å². The van der Waals surface area contributed by atoms with E-state index in [0.29, 0.717) is 18.7 Å². The monoisotopic (exact) mass is 239 g/mol. The van der Waals surface area contributed by atoms with Gasteiger partial charge in [-0.25, -0.2) is 0 Å². The Kier molecular flexibility index (Phi) is 5.25. The van der Waals surface area contributed by atoms with Crippen LogP contribution in [0.4, 0.5) is 0 Å². The van der Waals surface area contributed by atoms with Crippen molar-refractivity contribution in [1.29, 1.82) is 0 Å². The van der Waals surface area contributed by atoms with E-state index >= 15 is 0 Å². The van der Waals surface area contributed by atoms with E-state index in [1.807, 2.05) is 26.0 Å². The molecule has 0 aromatic heterocycles. The molecule has 2 unspecified atom stereocenters. The molecule has 0 bridgehead atoms. The average molecular weight is 239 g/mol. The average Bonchev–Trinajstić information content (AvgIpc) is 2.35. The van der Waals surface area contributed by atoms with E-state index in [1.54, 1.807) is 13.2 Å². The number of phenols is 1. The summed E-state index contributed by atoms with van der Waals surface area (Å²) in [5.41, 5.74) is 0.800. The summed E-state index contributed by atoms with van der Waals surface area (Å²) in [7, 11) is 1.56. The standard InChI is InChI=1S/C13H21NO3/c1-4-10(15)8-14-9(2)12-6-5-11(17-3)7-13(12)16/h5-7,9-10,14-16H,4,8H2,1-3H3. The molecule has 17 heavy (non-hydrogen) atoms. The summed E-state index contributed by atoms with van der Waals surface area (Å²) in [6.45, 7) is 4.40. The number of aliphatic hydroxyl groups excluding tert-OH is 1. The summed E-state index contributed by atoms with van der Waals surface area (Å²) in [6, 6.07) is 5.21. The number of phenolic OH excluding ortho intramolecular Hbond substituents is 1. The minimum atomic E-state index is -0.349. The zero-order valence-corrected chi connectivity index (χ0v) is 10.6. The molecule has 96 valence electrons. The third-order valence-electron chi connectivity index (χ3n) is 2.84. The Morgan fingerprint density at radius 3 is 2.65 bits per heavy atom. The van der Waals surface area contributed by atoms with Gasteiger partial charge in [0.15, 0.2) is 0 Å². The SMILES string of the molecule is CCC(O)CNC(C)c1ccc(OC)cc1O. The predicted octanol–water partition coefficient (Wildman–Crippen LogP) is 1.82. The molecule has 2 atom stereocenters. The number of benzene rings is 1. The molecule has 4 nitrogen and oxygen atoms in total. The van der Waals surface area contributed by atoms with Crippen LogP contribution < -0.4 is 10.1 Å².